The number of para-hydroxylation sites is 1. The number of nitrogens with one attached hydrogen (secondary N) is 2. The van der Waals surface area contributed by atoms with Crippen molar-refractivity contribution in [3.8, 4) is 0 Å². The van der Waals surface area contributed by atoms with E-state index in [1.807, 2.05) is 0 Å². The molecule has 2 fully saturated rings. The molecule has 198 valence electrons. The lowest BCUT2D eigenvalue weighted by Gasteiger charge is -2.40. The lowest BCUT2D eigenvalue weighted by atomic mass is 9.74. The summed E-state index contributed by atoms with van der Waals surface area (Å²) in [5, 5.41) is 3.12. The van der Waals surface area contributed by atoms with Crippen LogP contribution in [0.2, 0.25) is 0 Å². The molecule has 3 aliphatic heterocycles. The molecule has 1 aromatic carbocycles. The zero-order valence-corrected chi connectivity index (χ0v) is 21.6. The maximum Gasteiger partial charge on any atom is 0.255 e. The molecule has 0 unspecified atom stereocenters. The Balaban J connectivity index is 1.10. The first-order chi connectivity index (χ1) is 18.1. The van der Waals surface area contributed by atoms with Gasteiger partial charge in [-0.15, -0.1) is 0 Å². The largest absolute Gasteiger partial charge is 0.379 e. The molecule has 2 saturated heterocycles. The molecule has 9 heteroatoms. The molecule has 1 aromatic heterocycles. The van der Waals surface area contributed by atoms with Crippen LogP contribution in [0.15, 0.2) is 29.1 Å². The number of hydrogen-bond donors (Lipinski definition) is 2. The number of aromatic amines is 1. The van der Waals surface area contributed by atoms with Gasteiger partial charge in [-0.1, -0.05) is 18.2 Å². The topological polar surface area (TPSA) is 93.8 Å². The number of amides is 1. The van der Waals surface area contributed by atoms with Gasteiger partial charge in [0.1, 0.15) is 0 Å². The molecule has 4 aliphatic rings. The van der Waals surface area contributed by atoms with Gasteiger partial charge in [0.25, 0.3) is 5.56 Å². The lowest BCUT2D eigenvalue weighted by Crippen LogP contribution is -2.48. The Morgan fingerprint density at radius 2 is 1.86 bits per heavy atom. The summed E-state index contributed by atoms with van der Waals surface area (Å²) in [4.78, 5) is 40.3. The minimum Gasteiger partial charge on any atom is -0.379 e. The van der Waals surface area contributed by atoms with Crippen molar-refractivity contribution < 1.29 is 9.53 Å². The molecule has 4 heterocycles. The van der Waals surface area contributed by atoms with Gasteiger partial charge in [0.15, 0.2) is 0 Å². The summed E-state index contributed by atoms with van der Waals surface area (Å²) in [6, 6.07) is 8.57. The van der Waals surface area contributed by atoms with Crippen molar-refractivity contribution in [3.63, 3.8) is 0 Å². The van der Waals surface area contributed by atoms with Crippen LogP contribution < -0.4 is 20.7 Å². The number of ether oxygens (including phenoxy) is 1. The number of aryl methyl sites for hydroxylation is 1. The SMILES string of the molecule is O=C(CN1CC2(CCN(c3nc4c(c(=O)[nH]3)CCCC4)CC2)c2ccccc21)NCCN1CCOCC1. The summed E-state index contributed by atoms with van der Waals surface area (Å²) in [6.45, 7) is 7.87. The van der Waals surface area contributed by atoms with E-state index >= 15 is 0 Å². The molecule has 0 saturated carbocycles. The minimum atomic E-state index is 0.0235. The predicted octanol–water partition coefficient (Wildman–Crippen LogP) is 1.46. The van der Waals surface area contributed by atoms with Crippen molar-refractivity contribution in [1.29, 1.82) is 0 Å². The number of piperidine rings is 1. The van der Waals surface area contributed by atoms with Gasteiger partial charge in [-0.2, -0.15) is 0 Å². The van der Waals surface area contributed by atoms with Crippen molar-refractivity contribution in [2.24, 2.45) is 0 Å². The van der Waals surface area contributed by atoms with Crippen molar-refractivity contribution in [2.45, 2.75) is 43.9 Å². The van der Waals surface area contributed by atoms with Crippen LogP contribution in [0.5, 0.6) is 0 Å². The van der Waals surface area contributed by atoms with Gasteiger partial charge >= 0.3 is 0 Å². The summed E-state index contributed by atoms with van der Waals surface area (Å²) in [5.74, 6) is 0.802. The molecular weight excluding hydrogens is 468 g/mol. The zero-order chi connectivity index (χ0) is 25.2. The van der Waals surface area contributed by atoms with Crippen molar-refractivity contribution >= 4 is 17.5 Å². The van der Waals surface area contributed by atoms with Crippen LogP contribution in [-0.2, 0) is 27.8 Å². The second kappa shape index (κ2) is 10.5. The second-order valence-electron chi connectivity index (χ2n) is 11.0. The van der Waals surface area contributed by atoms with Crippen LogP contribution in [0.1, 0.15) is 42.5 Å². The van der Waals surface area contributed by atoms with E-state index in [1.165, 1.54) is 11.3 Å². The fourth-order valence-electron chi connectivity index (χ4n) is 6.60. The first kappa shape index (κ1) is 24.4. The van der Waals surface area contributed by atoms with E-state index < -0.39 is 0 Å². The average Bonchev–Trinajstić information content (AvgIpc) is 3.22. The van der Waals surface area contributed by atoms with E-state index in [-0.39, 0.29) is 16.9 Å². The predicted molar refractivity (Wildman–Crippen MR) is 144 cm³/mol. The number of fused-ring (bicyclic) bond motifs is 3. The van der Waals surface area contributed by atoms with Crippen molar-refractivity contribution in [1.82, 2.24) is 20.2 Å². The van der Waals surface area contributed by atoms with Gasteiger partial charge in [0.05, 0.1) is 25.5 Å². The average molecular weight is 507 g/mol. The first-order valence-corrected chi connectivity index (χ1v) is 13.9. The maximum atomic E-state index is 12.9. The zero-order valence-electron chi connectivity index (χ0n) is 21.6. The number of morpholine rings is 1. The Bertz CT molecular complexity index is 1180. The standard InChI is InChI=1S/C28H38N6O3/c35-25(29-11-14-32-15-17-37-18-16-32)19-34-20-28(22-6-2-4-8-24(22)34)9-12-33(13-10-28)27-30-23-7-3-1-5-21(23)26(36)31-27/h2,4,6,8H,1,3,5,7,9-20H2,(H,29,35)(H,30,31,36). The van der Waals surface area contributed by atoms with Crippen LogP contribution in [-0.4, -0.2) is 86.3 Å². The Labute approximate surface area is 218 Å². The van der Waals surface area contributed by atoms with Gasteiger partial charge in [-0.05, 0) is 50.2 Å². The summed E-state index contributed by atoms with van der Waals surface area (Å²) >= 11 is 0. The summed E-state index contributed by atoms with van der Waals surface area (Å²) in [7, 11) is 0. The van der Waals surface area contributed by atoms with Crippen LogP contribution in [0.4, 0.5) is 11.6 Å². The van der Waals surface area contributed by atoms with Gasteiger partial charge < -0.3 is 19.9 Å². The lowest BCUT2D eigenvalue weighted by molar-refractivity contribution is -0.119. The van der Waals surface area contributed by atoms with Gasteiger partial charge in [-0.3, -0.25) is 19.5 Å². The molecule has 0 atom stereocenters. The highest BCUT2D eigenvalue weighted by atomic mass is 16.5. The van der Waals surface area contributed by atoms with Crippen LogP contribution >= 0.6 is 0 Å². The van der Waals surface area contributed by atoms with Gasteiger partial charge in [-0.25, -0.2) is 4.98 Å². The Morgan fingerprint density at radius 1 is 1.08 bits per heavy atom. The smallest absolute Gasteiger partial charge is 0.255 e. The molecule has 9 nitrogen and oxygen atoms in total. The number of nitrogens with zero attached hydrogens (tertiary/aromatic N) is 4. The van der Waals surface area contributed by atoms with E-state index in [2.05, 4.69) is 49.3 Å². The van der Waals surface area contributed by atoms with E-state index in [1.54, 1.807) is 0 Å². The molecule has 1 spiro atoms. The van der Waals surface area contributed by atoms with Crippen LogP contribution in [0.3, 0.4) is 0 Å². The van der Waals surface area contributed by atoms with Crippen LogP contribution in [0.25, 0.3) is 0 Å². The van der Waals surface area contributed by atoms with Crippen molar-refractivity contribution in [3.05, 3.63) is 51.4 Å². The normalized spacial score (nSPS) is 21.1. The third kappa shape index (κ3) is 4.99. The molecule has 1 amide bonds. The molecule has 2 aromatic rings. The molecule has 37 heavy (non-hydrogen) atoms. The first-order valence-electron chi connectivity index (χ1n) is 13.9. The monoisotopic (exact) mass is 506 g/mol. The third-order valence-electron chi connectivity index (χ3n) is 8.70. The molecule has 6 rings (SSSR count). The quantitative estimate of drug-likeness (QED) is 0.613. The highest BCUT2D eigenvalue weighted by Gasteiger charge is 2.45. The van der Waals surface area contributed by atoms with E-state index in [0.29, 0.717) is 13.1 Å². The molecule has 0 bridgehead atoms. The number of hydrogen-bond acceptors (Lipinski definition) is 7. The number of carbonyl (C=O) groups is 1. The number of H-pyrrole nitrogens is 1. The van der Waals surface area contributed by atoms with Gasteiger partial charge in [0.2, 0.25) is 11.9 Å². The van der Waals surface area contributed by atoms with E-state index in [9.17, 15) is 9.59 Å². The number of carbonyl (C=O) groups excluding carboxylic acids is 1. The summed E-state index contributed by atoms with van der Waals surface area (Å²) in [6.07, 6.45) is 5.87. The Hall–Kier alpha value is -2.91. The molecule has 1 aliphatic carbocycles. The van der Waals surface area contributed by atoms with Crippen LogP contribution in [0, 0.1) is 0 Å². The fraction of sp³-hybridized carbons (Fsp3) is 0.607. The number of rotatable bonds is 6. The molecule has 2 N–H and O–H groups in total. The van der Waals surface area contributed by atoms with E-state index in [0.717, 1.165) is 108 Å². The Morgan fingerprint density at radius 3 is 2.70 bits per heavy atom. The number of anilines is 2. The number of benzene rings is 1. The minimum absolute atomic E-state index is 0.0235. The highest BCUT2D eigenvalue weighted by molar-refractivity contribution is 5.82. The van der Waals surface area contributed by atoms with E-state index in [4.69, 9.17) is 9.72 Å². The summed E-state index contributed by atoms with van der Waals surface area (Å²) < 4.78 is 5.41. The summed E-state index contributed by atoms with van der Waals surface area (Å²) in [5.41, 5.74) is 4.46. The highest BCUT2D eigenvalue weighted by Crippen LogP contribution is 2.47. The third-order valence-corrected chi connectivity index (χ3v) is 8.70. The molecule has 0 radical (unpaired) electrons. The fourth-order valence-corrected chi connectivity index (χ4v) is 6.60. The van der Waals surface area contributed by atoms with Crippen molar-refractivity contribution in [2.75, 3.05) is 75.4 Å². The maximum absolute atomic E-state index is 12.9. The molecular formula is C28H38N6O3. The second-order valence-corrected chi connectivity index (χ2v) is 11.0. The number of aromatic nitrogens is 2. The van der Waals surface area contributed by atoms with Gasteiger partial charge in [0, 0.05) is 62.5 Å². The Kier molecular flexibility index (Phi) is 6.90.